The molecule has 0 aromatic heterocycles. The van der Waals surface area contributed by atoms with Crippen LogP contribution in [0.15, 0.2) is 22.7 Å². The summed E-state index contributed by atoms with van der Waals surface area (Å²) in [5, 5.41) is 0. The average Bonchev–Trinajstić information content (AvgIpc) is 2.32. The van der Waals surface area contributed by atoms with Gasteiger partial charge in [0, 0.05) is 17.5 Å². The smallest absolute Gasteiger partial charge is 0.162 e. The van der Waals surface area contributed by atoms with Crippen molar-refractivity contribution >= 4 is 21.7 Å². The highest BCUT2D eigenvalue weighted by Gasteiger charge is 2.08. The quantitative estimate of drug-likeness (QED) is 0.726. The van der Waals surface area contributed by atoms with Crippen molar-refractivity contribution in [3.63, 3.8) is 0 Å². The van der Waals surface area contributed by atoms with Gasteiger partial charge in [0.25, 0.3) is 0 Å². The minimum Gasteiger partial charge on any atom is -0.497 e. The van der Waals surface area contributed by atoms with Crippen molar-refractivity contribution in [2.75, 3.05) is 20.3 Å². The molecule has 0 radical (unpaired) electrons. The van der Waals surface area contributed by atoms with Gasteiger partial charge in [0.15, 0.2) is 5.78 Å². The molecule has 0 atom stereocenters. The molecular weight excluding hydrogens is 284 g/mol. The van der Waals surface area contributed by atoms with Gasteiger partial charge in [-0.15, -0.1) is 0 Å². The Kier molecular flexibility index (Phi) is 6.22. The van der Waals surface area contributed by atoms with Crippen LogP contribution in [0.5, 0.6) is 5.75 Å². The summed E-state index contributed by atoms with van der Waals surface area (Å²) < 4.78 is 11.3. The number of hydrogen-bond donors (Lipinski definition) is 0. The van der Waals surface area contributed by atoms with Crippen molar-refractivity contribution in [3.8, 4) is 5.75 Å². The van der Waals surface area contributed by atoms with E-state index >= 15 is 0 Å². The highest BCUT2D eigenvalue weighted by molar-refractivity contribution is 9.10. The normalized spacial score (nSPS) is 10.3. The van der Waals surface area contributed by atoms with Crippen LogP contribution < -0.4 is 4.74 Å². The van der Waals surface area contributed by atoms with E-state index in [0.717, 1.165) is 22.2 Å². The van der Waals surface area contributed by atoms with Crippen LogP contribution in [0.2, 0.25) is 0 Å². The molecule has 0 saturated carbocycles. The van der Waals surface area contributed by atoms with Crippen molar-refractivity contribution in [2.45, 2.75) is 19.8 Å². The van der Waals surface area contributed by atoms with Crippen LogP contribution in [0, 0.1) is 0 Å². The molecule has 0 spiro atoms. The van der Waals surface area contributed by atoms with E-state index in [2.05, 4.69) is 15.9 Å². The van der Waals surface area contributed by atoms with Crippen molar-refractivity contribution in [1.82, 2.24) is 0 Å². The van der Waals surface area contributed by atoms with Gasteiger partial charge in [-0.1, -0.05) is 22.9 Å². The number of Topliss-reactive ketones (excluding diaryl/α,β-unsaturated/α-hetero) is 1. The summed E-state index contributed by atoms with van der Waals surface area (Å²) in [4.78, 5) is 11.7. The van der Waals surface area contributed by atoms with E-state index in [0.29, 0.717) is 13.0 Å². The standard InChI is InChI=1S/C13H17BrO3/c1-3-6-17-9-11(15)7-10-8-12(16-2)4-5-13(10)14/h4-5,8H,3,6-7,9H2,1-2H3. The number of benzene rings is 1. The third kappa shape index (κ3) is 4.88. The van der Waals surface area contributed by atoms with E-state index in [9.17, 15) is 4.79 Å². The Morgan fingerprint density at radius 3 is 2.82 bits per heavy atom. The second-order valence-electron chi connectivity index (χ2n) is 3.73. The van der Waals surface area contributed by atoms with E-state index in [4.69, 9.17) is 9.47 Å². The zero-order valence-electron chi connectivity index (χ0n) is 10.2. The van der Waals surface area contributed by atoms with Crippen LogP contribution in [0.25, 0.3) is 0 Å². The number of ether oxygens (including phenoxy) is 2. The molecule has 0 fully saturated rings. The number of carbonyl (C=O) groups is 1. The number of carbonyl (C=O) groups excluding carboxylic acids is 1. The largest absolute Gasteiger partial charge is 0.497 e. The maximum Gasteiger partial charge on any atom is 0.162 e. The molecule has 1 aromatic carbocycles. The monoisotopic (exact) mass is 300 g/mol. The molecule has 94 valence electrons. The Morgan fingerprint density at radius 2 is 2.18 bits per heavy atom. The fraction of sp³-hybridized carbons (Fsp3) is 0.462. The SMILES string of the molecule is CCCOCC(=O)Cc1cc(OC)ccc1Br. The van der Waals surface area contributed by atoms with E-state index < -0.39 is 0 Å². The molecule has 0 heterocycles. The number of ketones is 1. The number of halogens is 1. The molecule has 0 aliphatic carbocycles. The van der Waals surface area contributed by atoms with E-state index in [1.54, 1.807) is 7.11 Å². The molecule has 17 heavy (non-hydrogen) atoms. The zero-order chi connectivity index (χ0) is 12.7. The summed E-state index contributed by atoms with van der Waals surface area (Å²) >= 11 is 3.42. The lowest BCUT2D eigenvalue weighted by atomic mass is 10.1. The molecule has 0 aliphatic heterocycles. The summed E-state index contributed by atoms with van der Waals surface area (Å²) in [7, 11) is 1.61. The molecule has 0 aliphatic rings. The Hall–Kier alpha value is -0.870. The molecule has 0 amide bonds. The fourth-order valence-corrected chi connectivity index (χ4v) is 1.79. The van der Waals surface area contributed by atoms with Gasteiger partial charge in [-0.05, 0) is 30.2 Å². The molecule has 0 N–H and O–H groups in total. The first kappa shape index (κ1) is 14.2. The Labute approximate surface area is 110 Å². The van der Waals surface area contributed by atoms with Crippen LogP contribution in [0.1, 0.15) is 18.9 Å². The van der Waals surface area contributed by atoms with Crippen molar-refractivity contribution in [3.05, 3.63) is 28.2 Å². The van der Waals surface area contributed by atoms with Crippen molar-refractivity contribution in [1.29, 1.82) is 0 Å². The topological polar surface area (TPSA) is 35.5 Å². The van der Waals surface area contributed by atoms with Gasteiger partial charge in [-0.2, -0.15) is 0 Å². The molecule has 0 unspecified atom stereocenters. The molecule has 4 heteroatoms. The first-order chi connectivity index (χ1) is 8.17. The van der Waals surface area contributed by atoms with Crippen molar-refractivity contribution < 1.29 is 14.3 Å². The highest BCUT2D eigenvalue weighted by atomic mass is 79.9. The molecule has 1 aromatic rings. The number of methoxy groups -OCH3 is 1. The summed E-state index contributed by atoms with van der Waals surface area (Å²) in [5.74, 6) is 0.831. The van der Waals surface area contributed by atoms with Gasteiger partial charge in [0.2, 0.25) is 0 Å². The maximum atomic E-state index is 11.7. The van der Waals surface area contributed by atoms with E-state index in [1.165, 1.54) is 0 Å². The summed E-state index contributed by atoms with van der Waals surface area (Å²) in [5.41, 5.74) is 0.925. The second-order valence-corrected chi connectivity index (χ2v) is 4.58. The first-order valence-corrected chi connectivity index (χ1v) is 6.38. The van der Waals surface area contributed by atoms with Gasteiger partial charge < -0.3 is 9.47 Å². The van der Waals surface area contributed by atoms with Crippen molar-refractivity contribution in [2.24, 2.45) is 0 Å². The fourth-order valence-electron chi connectivity index (χ4n) is 1.41. The van der Waals surface area contributed by atoms with Gasteiger partial charge in [-0.3, -0.25) is 4.79 Å². The summed E-state index contributed by atoms with van der Waals surface area (Å²) in [6.07, 6.45) is 1.29. The van der Waals surface area contributed by atoms with Crippen LogP contribution in [0.3, 0.4) is 0 Å². The predicted molar refractivity (Wildman–Crippen MR) is 70.5 cm³/mol. The number of hydrogen-bond acceptors (Lipinski definition) is 3. The average molecular weight is 301 g/mol. The van der Waals surface area contributed by atoms with E-state index in [-0.39, 0.29) is 12.4 Å². The lowest BCUT2D eigenvalue weighted by Gasteiger charge is -2.07. The molecular formula is C13H17BrO3. The Bertz CT molecular complexity index is 377. The third-order valence-electron chi connectivity index (χ3n) is 2.25. The zero-order valence-corrected chi connectivity index (χ0v) is 11.7. The number of rotatable bonds is 7. The second kappa shape index (κ2) is 7.45. The van der Waals surface area contributed by atoms with Crippen LogP contribution in [0.4, 0.5) is 0 Å². The van der Waals surface area contributed by atoms with Gasteiger partial charge >= 0.3 is 0 Å². The van der Waals surface area contributed by atoms with Gasteiger partial charge in [0.05, 0.1) is 7.11 Å². The Morgan fingerprint density at radius 1 is 1.41 bits per heavy atom. The molecule has 0 bridgehead atoms. The molecule has 0 saturated heterocycles. The van der Waals surface area contributed by atoms with Crippen LogP contribution >= 0.6 is 15.9 Å². The minimum atomic E-state index is 0.0763. The lowest BCUT2D eigenvalue weighted by Crippen LogP contribution is -2.12. The Balaban J connectivity index is 2.57. The van der Waals surface area contributed by atoms with Crippen LogP contribution in [-0.4, -0.2) is 26.1 Å². The first-order valence-electron chi connectivity index (χ1n) is 5.59. The lowest BCUT2D eigenvalue weighted by molar-refractivity contribution is -0.122. The van der Waals surface area contributed by atoms with Crippen LogP contribution in [-0.2, 0) is 16.0 Å². The predicted octanol–water partition coefficient (Wildman–Crippen LogP) is 3.00. The summed E-state index contributed by atoms with van der Waals surface area (Å²) in [6, 6.07) is 5.60. The third-order valence-corrected chi connectivity index (χ3v) is 3.03. The van der Waals surface area contributed by atoms with Gasteiger partial charge in [-0.25, -0.2) is 0 Å². The molecule has 1 rings (SSSR count). The van der Waals surface area contributed by atoms with E-state index in [1.807, 2.05) is 25.1 Å². The highest BCUT2D eigenvalue weighted by Crippen LogP contribution is 2.23. The van der Waals surface area contributed by atoms with Gasteiger partial charge in [0.1, 0.15) is 12.4 Å². The minimum absolute atomic E-state index is 0.0763. The maximum absolute atomic E-state index is 11.7. The molecule has 3 nitrogen and oxygen atoms in total. The summed E-state index contributed by atoms with van der Waals surface area (Å²) in [6.45, 7) is 2.83.